The second-order valence-corrected chi connectivity index (χ2v) is 11.7. The summed E-state index contributed by atoms with van der Waals surface area (Å²) in [4.78, 5) is 13.0. The van der Waals surface area contributed by atoms with E-state index >= 15 is 0 Å². The maximum atomic E-state index is 13.0. The second kappa shape index (κ2) is 8.05. The molecule has 1 saturated heterocycles. The van der Waals surface area contributed by atoms with Crippen LogP contribution in [-0.4, -0.2) is 36.5 Å². The highest BCUT2D eigenvalue weighted by Gasteiger charge is 2.68. The first-order valence-electron chi connectivity index (χ1n) is 12.6. The molecule has 6 rings (SSSR count). The molecule has 174 valence electrons. The SMILES string of the molecule is CC1(OC(=O)N[C@@H](Cc2ccccc2)B2O[C@@H]3C[C@@H]4C[C@@H](C4(C)C)[C@]3(C)O2)CCCCC1. The predicted molar refractivity (Wildman–Crippen MR) is 125 cm³/mol. The van der Waals surface area contributed by atoms with Crippen molar-refractivity contribution in [1.82, 2.24) is 5.32 Å². The maximum absolute atomic E-state index is 13.0. The van der Waals surface area contributed by atoms with Gasteiger partial charge in [-0.15, -0.1) is 0 Å². The standard InChI is InChI=1S/C26H38BNO4/c1-24(2)19-16-20(24)26(4)21(17-19)31-27(32-26)22(15-18-11-7-5-8-12-18)28-23(29)30-25(3)13-9-6-10-14-25/h5,7-8,11-12,19-22H,6,9-10,13-17H2,1-4H3,(H,28,29)/t19-,20-,21+,22-,26-/m0/s1. The largest absolute Gasteiger partial charge is 0.482 e. The minimum Gasteiger partial charge on any atom is -0.443 e. The number of nitrogens with one attached hydrogen (secondary N) is 1. The number of hydrogen-bond acceptors (Lipinski definition) is 4. The third-order valence-corrected chi connectivity index (χ3v) is 9.15. The van der Waals surface area contributed by atoms with Crippen molar-refractivity contribution in [3.8, 4) is 0 Å². The van der Waals surface area contributed by atoms with Crippen LogP contribution in [-0.2, 0) is 20.5 Å². The van der Waals surface area contributed by atoms with Crippen LogP contribution in [0.1, 0.15) is 78.2 Å². The first-order chi connectivity index (χ1) is 15.2. The molecule has 1 N–H and O–H groups in total. The molecule has 6 heteroatoms. The lowest BCUT2D eigenvalue weighted by atomic mass is 9.43. The van der Waals surface area contributed by atoms with Gasteiger partial charge in [-0.3, -0.25) is 0 Å². The van der Waals surface area contributed by atoms with Crippen molar-refractivity contribution in [3.05, 3.63) is 35.9 Å². The van der Waals surface area contributed by atoms with E-state index in [1.165, 1.54) is 12.8 Å². The molecule has 1 aliphatic heterocycles. The monoisotopic (exact) mass is 439 g/mol. The molecule has 5 aliphatic rings. The van der Waals surface area contributed by atoms with Gasteiger partial charge in [0.25, 0.3) is 0 Å². The minimum absolute atomic E-state index is 0.0937. The predicted octanol–water partition coefficient (Wildman–Crippen LogP) is 5.31. The molecule has 0 spiro atoms. The first kappa shape index (κ1) is 22.3. The van der Waals surface area contributed by atoms with E-state index in [1.54, 1.807) is 0 Å². The normalized spacial score (nSPS) is 35.4. The van der Waals surface area contributed by atoms with Crippen LogP contribution >= 0.6 is 0 Å². The van der Waals surface area contributed by atoms with Crippen molar-refractivity contribution in [2.24, 2.45) is 17.3 Å². The molecule has 1 aromatic carbocycles. The fourth-order valence-corrected chi connectivity index (χ4v) is 6.96. The Morgan fingerprint density at radius 1 is 1.12 bits per heavy atom. The smallest absolute Gasteiger partial charge is 0.443 e. The Bertz CT molecular complexity index is 839. The molecule has 5 atom stereocenters. The van der Waals surface area contributed by atoms with Gasteiger partial charge in [0, 0.05) is 0 Å². The number of alkyl carbamates (subject to hydrolysis) is 1. The van der Waals surface area contributed by atoms with Gasteiger partial charge in [-0.05, 0) is 81.6 Å². The molecule has 0 radical (unpaired) electrons. The Morgan fingerprint density at radius 3 is 2.53 bits per heavy atom. The number of hydrogen-bond donors (Lipinski definition) is 1. The van der Waals surface area contributed by atoms with Crippen LogP contribution in [0.25, 0.3) is 0 Å². The van der Waals surface area contributed by atoms with Crippen molar-refractivity contribution in [2.45, 2.75) is 102 Å². The third-order valence-electron chi connectivity index (χ3n) is 9.15. The molecule has 32 heavy (non-hydrogen) atoms. The van der Waals surface area contributed by atoms with Crippen LogP contribution in [0.4, 0.5) is 4.79 Å². The molecule has 0 aromatic heterocycles. The molecular formula is C26H38BNO4. The second-order valence-electron chi connectivity index (χ2n) is 11.7. The average Bonchev–Trinajstić information content (AvgIpc) is 3.11. The summed E-state index contributed by atoms with van der Waals surface area (Å²) in [6.07, 6.45) is 7.95. The lowest BCUT2D eigenvalue weighted by Gasteiger charge is -2.64. The van der Waals surface area contributed by atoms with Crippen LogP contribution < -0.4 is 5.32 Å². The van der Waals surface area contributed by atoms with Crippen LogP contribution in [0.5, 0.6) is 0 Å². The fourth-order valence-electron chi connectivity index (χ4n) is 6.96. The van der Waals surface area contributed by atoms with E-state index in [0.29, 0.717) is 23.7 Å². The summed E-state index contributed by atoms with van der Waals surface area (Å²) in [7, 11) is -0.466. The zero-order valence-electron chi connectivity index (χ0n) is 20.1. The van der Waals surface area contributed by atoms with Crippen molar-refractivity contribution in [3.63, 3.8) is 0 Å². The molecule has 4 saturated carbocycles. The average molecular weight is 439 g/mol. The molecule has 5 nitrogen and oxygen atoms in total. The van der Waals surface area contributed by atoms with Gasteiger partial charge in [0.15, 0.2) is 0 Å². The Kier molecular flexibility index (Phi) is 5.61. The van der Waals surface area contributed by atoms with Crippen LogP contribution in [0, 0.1) is 17.3 Å². The maximum Gasteiger partial charge on any atom is 0.482 e. The number of amides is 1. The molecule has 4 aliphatic carbocycles. The number of carbonyl (C=O) groups is 1. The van der Waals surface area contributed by atoms with Gasteiger partial charge in [0.2, 0.25) is 0 Å². The van der Waals surface area contributed by atoms with Gasteiger partial charge in [-0.25, -0.2) is 4.79 Å². The van der Waals surface area contributed by atoms with Crippen molar-refractivity contribution < 1.29 is 18.8 Å². The van der Waals surface area contributed by atoms with E-state index in [1.807, 2.05) is 18.2 Å². The van der Waals surface area contributed by atoms with Crippen LogP contribution in [0.15, 0.2) is 30.3 Å². The van der Waals surface area contributed by atoms with Crippen molar-refractivity contribution >= 4 is 13.2 Å². The lowest BCUT2D eigenvalue weighted by Crippen LogP contribution is -2.65. The summed E-state index contributed by atoms with van der Waals surface area (Å²) in [5.41, 5.74) is 0.778. The number of carbonyl (C=O) groups excluding carboxylic acids is 1. The van der Waals surface area contributed by atoms with Gasteiger partial charge in [-0.2, -0.15) is 0 Å². The third kappa shape index (κ3) is 3.88. The molecule has 2 bridgehead atoms. The van der Waals surface area contributed by atoms with Gasteiger partial charge < -0.3 is 19.4 Å². The summed E-state index contributed by atoms with van der Waals surface area (Å²) < 4.78 is 19.2. The Morgan fingerprint density at radius 2 is 1.84 bits per heavy atom. The van der Waals surface area contributed by atoms with Gasteiger partial charge in [0.1, 0.15) is 5.60 Å². The number of benzene rings is 1. The summed E-state index contributed by atoms with van der Waals surface area (Å²) >= 11 is 0. The van der Waals surface area contributed by atoms with E-state index < -0.39 is 7.12 Å². The van der Waals surface area contributed by atoms with Crippen molar-refractivity contribution in [2.75, 3.05) is 0 Å². The van der Waals surface area contributed by atoms with Gasteiger partial charge in [0.05, 0.1) is 17.6 Å². The Hall–Kier alpha value is -1.53. The van der Waals surface area contributed by atoms with E-state index in [-0.39, 0.29) is 29.3 Å². The van der Waals surface area contributed by atoms with Crippen LogP contribution in [0.3, 0.4) is 0 Å². The minimum atomic E-state index is -0.466. The quantitative estimate of drug-likeness (QED) is 0.632. The first-order valence-corrected chi connectivity index (χ1v) is 12.6. The summed E-state index contributed by atoms with van der Waals surface area (Å²) in [5.74, 6) is 0.902. The highest BCUT2D eigenvalue weighted by Crippen LogP contribution is 2.65. The van der Waals surface area contributed by atoms with E-state index in [2.05, 4.69) is 45.1 Å². The van der Waals surface area contributed by atoms with Gasteiger partial charge >= 0.3 is 13.2 Å². The van der Waals surface area contributed by atoms with E-state index in [9.17, 15) is 4.79 Å². The Balaban J connectivity index is 1.32. The molecular weight excluding hydrogens is 401 g/mol. The van der Waals surface area contributed by atoms with Crippen molar-refractivity contribution in [1.29, 1.82) is 0 Å². The lowest BCUT2D eigenvalue weighted by molar-refractivity contribution is -0.199. The number of rotatable bonds is 5. The van der Waals surface area contributed by atoms with E-state index in [0.717, 1.165) is 37.7 Å². The molecule has 1 aromatic rings. The fraction of sp³-hybridized carbons (Fsp3) is 0.731. The molecule has 5 fully saturated rings. The highest BCUT2D eigenvalue weighted by molar-refractivity contribution is 6.47. The summed E-state index contributed by atoms with van der Waals surface area (Å²) in [5, 5.41) is 3.14. The number of ether oxygens (including phenoxy) is 1. The topological polar surface area (TPSA) is 56.8 Å². The van der Waals surface area contributed by atoms with E-state index in [4.69, 9.17) is 14.0 Å². The van der Waals surface area contributed by atoms with Crippen LogP contribution in [0.2, 0.25) is 0 Å². The highest BCUT2D eigenvalue weighted by atomic mass is 16.7. The Labute approximate surface area is 193 Å². The zero-order valence-corrected chi connectivity index (χ0v) is 20.1. The van der Waals surface area contributed by atoms with Gasteiger partial charge in [-0.1, -0.05) is 50.6 Å². The molecule has 1 heterocycles. The molecule has 0 unspecified atom stereocenters. The molecule has 1 amide bonds. The summed E-state index contributed by atoms with van der Waals surface area (Å²) in [6.45, 7) is 9.02. The zero-order chi connectivity index (χ0) is 22.6. The summed E-state index contributed by atoms with van der Waals surface area (Å²) in [6, 6.07) is 10.3.